The second-order valence-electron chi connectivity index (χ2n) is 6.82. The van der Waals surface area contributed by atoms with E-state index in [-0.39, 0.29) is 5.91 Å². The van der Waals surface area contributed by atoms with Gasteiger partial charge in [0.2, 0.25) is 0 Å². The van der Waals surface area contributed by atoms with Crippen molar-refractivity contribution in [1.29, 1.82) is 0 Å². The molecule has 1 aliphatic heterocycles. The van der Waals surface area contributed by atoms with Crippen molar-refractivity contribution in [3.8, 4) is 0 Å². The zero-order valence-corrected chi connectivity index (χ0v) is 14.5. The zero-order valence-electron chi connectivity index (χ0n) is 13.7. The predicted octanol–water partition coefficient (Wildman–Crippen LogP) is 2.14. The van der Waals surface area contributed by atoms with Gasteiger partial charge in [-0.25, -0.2) is 4.98 Å². The van der Waals surface area contributed by atoms with Crippen LogP contribution < -0.4 is 5.32 Å². The molecule has 0 aromatic carbocycles. The van der Waals surface area contributed by atoms with Gasteiger partial charge in [-0.05, 0) is 18.9 Å². The lowest BCUT2D eigenvalue weighted by Crippen LogP contribution is -2.40. The van der Waals surface area contributed by atoms with E-state index in [0.717, 1.165) is 19.6 Å². The number of nitrogens with one attached hydrogen (secondary N) is 1. The molecule has 2 aromatic rings. The molecule has 24 heavy (non-hydrogen) atoms. The number of nitrogens with zero attached hydrogens (tertiary/aromatic N) is 4. The predicted molar refractivity (Wildman–Crippen MR) is 92.8 cm³/mol. The fourth-order valence-corrected chi connectivity index (χ4v) is 4.43. The van der Waals surface area contributed by atoms with E-state index in [4.69, 9.17) is 0 Å². The maximum absolute atomic E-state index is 12.2. The summed E-state index contributed by atoms with van der Waals surface area (Å²) in [7, 11) is 0. The van der Waals surface area contributed by atoms with Gasteiger partial charge in [0.1, 0.15) is 5.69 Å². The van der Waals surface area contributed by atoms with E-state index in [1.165, 1.54) is 42.7 Å². The van der Waals surface area contributed by atoms with Crippen LogP contribution in [0.2, 0.25) is 0 Å². The minimum Gasteiger partial charge on any atom is -0.350 e. The number of carbonyl (C=O) groups excluding carboxylic acids is 1. The van der Waals surface area contributed by atoms with Crippen LogP contribution in [-0.4, -0.2) is 44.7 Å². The third-order valence-corrected chi connectivity index (χ3v) is 5.74. The van der Waals surface area contributed by atoms with Crippen molar-refractivity contribution in [2.45, 2.75) is 44.8 Å². The summed E-state index contributed by atoms with van der Waals surface area (Å²) >= 11 is 1.45. The normalized spacial score (nSPS) is 22.2. The number of hydrogen-bond donors (Lipinski definition) is 1. The maximum Gasteiger partial charge on any atom is 0.270 e. The SMILES string of the molecule is O=C(NC[C@@H]1CN(C2CCCC2)Cc2ccnn2C1)c1cscn1. The van der Waals surface area contributed by atoms with Crippen LogP contribution in [-0.2, 0) is 13.1 Å². The van der Waals surface area contributed by atoms with Gasteiger partial charge in [0.25, 0.3) is 5.91 Å². The van der Waals surface area contributed by atoms with Crippen molar-refractivity contribution in [1.82, 2.24) is 25.0 Å². The van der Waals surface area contributed by atoms with Gasteiger partial charge in [-0.3, -0.25) is 14.4 Å². The van der Waals surface area contributed by atoms with Crippen LogP contribution in [0.3, 0.4) is 0 Å². The molecule has 2 aromatic heterocycles. The van der Waals surface area contributed by atoms with E-state index in [2.05, 4.69) is 31.0 Å². The van der Waals surface area contributed by atoms with Crippen molar-refractivity contribution >= 4 is 17.2 Å². The highest BCUT2D eigenvalue weighted by atomic mass is 32.1. The number of aromatic nitrogens is 3. The molecule has 1 fully saturated rings. The Morgan fingerprint density at radius 3 is 3.00 bits per heavy atom. The van der Waals surface area contributed by atoms with Gasteiger partial charge in [0.05, 0.1) is 11.2 Å². The number of fused-ring (bicyclic) bond motifs is 1. The zero-order chi connectivity index (χ0) is 16.4. The third kappa shape index (κ3) is 3.37. The largest absolute Gasteiger partial charge is 0.350 e. The first-order valence-electron chi connectivity index (χ1n) is 8.71. The number of hydrogen-bond acceptors (Lipinski definition) is 5. The van der Waals surface area contributed by atoms with Crippen LogP contribution in [0.4, 0.5) is 0 Å². The first kappa shape index (κ1) is 15.8. The van der Waals surface area contributed by atoms with E-state index in [9.17, 15) is 4.79 Å². The molecule has 1 amide bonds. The smallest absolute Gasteiger partial charge is 0.270 e. The van der Waals surface area contributed by atoms with Crippen LogP contribution in [0.1, 0.15) is 41.9 Å². The molecule has 0 saturated heterocycles. The molecule has 2 aliphatic rings. The summed E-state index contributed by atoms with van der Waals surface area (Å²) in [4.78, 5) is 18.9. The monoisotopic (exact) mass is 345 g/mol. The molecule has 0 radical (unpaired) electrons. The van der Waals surface area contributed by atoms with E-state index in [1.807, 2.05) is 6.20 Å². The highest BCUT2D eigenvalue weighted by Gasteiger charge is 2.29. The summed E-state index contributed by atoms with van der Waals surface area (Å²) in [5, 5.41) is 9.32. The van der Waals surface area contributed by atoms with Crippen LogP contribution in [0.15, 0.2) is 23.2 Å². The van der Waals surface area contributed by atoms with Crippen molar-refractivity contribution in [3.05, 3.63) is 34.5 Å². The number of carbonyl (C=O) groups is 1. The lowest BCUT2D eigenvalue weighted by atomic mass is 10.1. The first-order valence-corrected chi connectivity index (χ1v) is 9.65. The molecule has 1 saturated carbocycles. The Balaban J connectivity index is 1.44. The van der Waals surface area contributed by atoms with Crippen molar-refractivity contribution < 1.29 is 4.79 Å². The van der Waals surface area contributed by atoms with E-state index in [1.54, 1.807) is 10.9 Å². The summed E-state index contributed by atoms with van der Waals surface area (Å²) in [5.41, 5.74) is 3.49. The number of rotatable bonds is 4. The highest BCUT2D eigenvalue weighted by molar-refractivity contribution is 7.07. The van der Waals surface area contributed by atoms with Crippen LogP contribution in [0.25, 0.3) is 0 Å². The Morgan fingerprint density at radius 1 is 1.33 bits per heavy atom. The molecule has 0 spiro atoms. The van der Waals surface area contributed by atoms with E-state index >= 15 is 0 Å². The van der Waals surface area contributed by atoms with E-state index in [0.29, 0.717) is 24.2 Å². The van der Waals surface area contributed by atoms with Gasteiger partial charge < -0.3 is 5.32 Å². The second-order valence-corrected chi connectivity index (χ2v) is 7.54. The molecule has 0 bridgehead atoms. The molecule has 6 nitrogen and oxygen atoms in total. The summed E-state index contributed by atoms with van der Waals surface area (Å²) in [6, 6.07) is 2.81. The van der Waals surface area contributed by atoms with Crippen molar-refractivity contribution in [3.63, 3.8) is 0 Å². The standard InChI is InChI=1S/C17H23N5OS/c23-17(16-11-24-12-19-16)18-7-13-8-21(14-3-1-2-4-14)10-15-5-6-20-22(15)9-13/h5-6,11-14H,1-4,7-10H2,(H,18,23)/t13-/m1/s1. The molecule has 0 unspecified atom stereocenters. The molecule has 7 heteroatoms. The van der Waals surface area contributed by atoms with Crippen LogP contribution in [0.5, 0.6) is 0 Å². The lowest BCUT2D eigenvalue weighted by Gasteiger charge is -2.29. The summed E-state index contributed by atoms with van der Waals surface area (Å²) in [6.45, 7) is 3.52. The molecule has 1 aliphatic carbocycles. The van der Waals surface area contributed by atoms with Gasteiger partial charge in [-0.1, -0.05) is 12.8 Å². The Labute approximate surface area is 145 Å². The summed E-state index contributed by atoms with van der Waals surface area (Å²) in [5.74, 6) is 0.294. The van der Waals surface area contributed by atoms with Crippen molar-refractivity contribution in [2.75, 3.05) is 13.1 Å². The molecule has 4 rings (SSSR count). The number of thiazole rings is 1. The van der Waals surface area contributed by atoms with E-state index < -0.39 is 0 Å². The van der Waals surface area contributed by atoms with Gasteiger partial charge in [-0.15, -0.1) is 11.3 Å². The Kier molecular flexibility index (Phi) is 4.62. The Hall–Kier alpha value is -1.73. The molecular weight excluding hydrogens is 322 g/mol. The van der Waals surface area contributed by atoms with Crippen LogP contribution in [0, 0.1) is 5.92 Å². The average Bonchev–Trinajstić information content (AvgIpc) is 3.33. The third-order valence-electron chi connectivity index (χ3n) is 5.15. The minimum atomic E-state index is -0.0754. The van der Waals surface area contributed by atoms with Gasteiger partial charge in [-0.2, -0.15) is 5.10 Å². The van der Waals surface area contributed by atoms with Gasteiger partial charge >= 0.3 is 0 Å². The second kappa shape index (κ2) is 7.03. The van der Waals surface area contributed by atoms with Gasteiger partial charge in [0, 0.05) is 49.7 Å². The fraction of sp³-hybridized carbons (Fsp3) is 0.588. The molecule has 1 atom stereocenters. The fourth-order valence-electron chi connectivity index (χ4n) is 3.89. The molecular formula is C17H23N5OS. The maximum atomic E-state index is 12.2. The quantitative estimate of drug-likeness (QED) is 0.922. The molecule has 1 N–H and O–H groups in total. The lowest BCUT2D eigenvalue weighted by molar-refractivity contribution is 0.0932. The van der Waals surface area contributed by atoms with Crippen LogP contribution >= 0.6 is 11.3 Å². The molecule has 3 heterocycles. The molecule has 128 valence electrons. The first-order chi connectivity index (χ1) is 11.8. The Bertz CT molecular complexity index is 677. The minimum absolute atomic E-state index is 0.0754. The number of amides is 1. The highest BCUT2D eigenvalue weighted by Crippen LogP contribution is 2.27. The van der Waals surface area contributed by atoms with Gasteiger partial charge in [0.15, 0.2) is 0 Å². The Morgan fingerprint density at radius 2 is 2.21 bits per heavy atom. The summed E-state index contributed by atoms with van der Waals surface area (Å²) in [6.07, 6.45) is 7.16. The summed E-state index contributed by atoms with van der Waals surface area (Å²) < 4.78 is 2.11. The van der Waals surface area contributed by atoms with Crippen molar-refractivity contribution in [2.24, 2.45) is 5.92 Å². The average molecular weight is 345 g/mol. The topological polar surface area (TPSA) is 63.1 Å².